The number of anilines is 1. The molecular formula is C14H18AsClN2O8S. The standard InChI is InChI=1S/C8H10AsNO5.C6H7NO3S.ClH/c1-6(11)10-8-5-3-2-4-7(8)9(12,13)15-14;1-5-6(11(8,9)10)3-2-4-7-5;/h2-5,14H,1H3,(H,10,11)(H,12,13);2-4H,1H3,(H,8,9,10);1H. The minimum atomic E-state index is -4.92. The van der Waals surface area contributed by atoms with Crippen LogP contribution in [0.4, 0.5) is 5.69 Å². The van der Waals surface area contributed by atoms with Gasteiger partial charge in [0.1, 0.15) is 4.90 Å². The Bertz CT molecular complexity index is 938. The van der Waals surface area contributed by atoms with E-state index in [-0.39, 0.29) is 33.2 Å². The zero-order chi connectivity index (χ0) is 20.0. The monoisotopic (exact) mass is 484 g/mol. The normalized spacial score (nSPS) is 12.6. The molecule has 0 radical (unpaired) electrons. The number of nitrogens with zero attached hydrogens (tertiary/aromatic N) is 1. The van der Waals surface area contributed by atoms with Crippen LogP contribution < -0.4 is 9.67 Å². The summed E-state index contributed by atoms with van der Waals surface area (Å²) in [6, 6.07) is 8.60. The van der Waals surface area contributed by atoms with Gasteiger partial charge in [-0.3, -0.25) is 9.54 Å². The second-order valence-corrected chi connectivity index (χ2v) is 9.79. The van der Waals surface area contributed by atoms with Crippen molar-refractivity contribution in [3.8, 4) is 0 Å². The summed E-state index contributed by atoms with van der Waals surface area (Å²) in [7, 11) is -4.10. The van der Waals surface area contributed by atoms with E-state index in [0.717, 1.165) is 0 Å². The first-order valence-corrected chi connectivity index (χ1v) is 11.7. The van der Waals surface area contributed by atoms with E-state index in [1.54, 1.807) is 6.07 Å². The maximum atomic E-state index is 11.4. The number of benzene rings is 1. The molecule has 1 amide bonds. The van der Waals surface area contributed by atoms with Gasteiger partial charge < -0.3 is 0 Å². The van der Waals surface area contributed by atoms with E-state index in [1.165, 1.54) is 50.4 Å². The number of hydrogen-bond donors (Lipinski definition) is 4. The van der Waals surface area contributed by atoms with Crippen LogP contribution in [-0.2, 0) is 22.5 Å². The third-order valence-corrected chi connectivity index (χ3v) is 6.41. The van der Waals surface area contributed by atoms with Crippen molar-refractivity contribution in [1.82, 2.24) is 4.98 Å². The van der Waals surface area contributed by atoms with Gasteiger partial charge in [0.05, 0.1) is 5.69 Å². The third kappa shape index (κ3) is 7.81. The van der Waals surface area contributed by atoms with Crippen molar-refractivity contribution in [1.29, 1.82) is 0 Å². The molecular weight excluding hydrogens is 467 g/mol. The van der Waals surface area contributed by atoms with Crippen LogP contribution >= 0.6 is 12.4 Å². The molecule has 1 unspecified atom stereocenters. The SMILES string of the molecule is CC(=O)Nc1ccccc1[As](=O)(O)OO.Cc1ncccc1S(=O)(=O)O.Cl. The van der Waals surface area contributed by atoms with Crippen LogP contribution in [0.2, 0.25) is 0 Å². The molecule has 0 bridgehead atoms. The molecule has 10 nitrogen and oxygen atoms in total. The van der Waals surface area contributed by atoms with E-state index in [1.807, 2.05) is 0 Å². The number of carbonyl (C=O) groups excluding carboxylic acids is 1. The van der Waals surface area contributed by atoms with E-state index in [2.05, 4.69) is 14.2 Å². The Morgan fingerprint density at radius 3 is 2.26 bits per heavy atom. The molecule has 1 heterocycles. The molecule has 2 aromatic rings. The molecule has 27 heavy (non-hydrogen) atoms. The van der Waals surface area contributed by atoms with Gasteiger partial charge in [-0.05, 0) is 19.1 Å². The summed E-state index contributed by atoms with van der Waals surface area (Å²) in [5, 5.41) is 10.7. The summed E-state index contributed by atoms with van der Waals surface area (Å²) in [5.41, 5.74) is 0.457. The largest absolute Gasteiger partial charge is 0.296 e. The molecule has 2 rings (SSSR count). The molecule has 0 aliphatic heterocycles. The summed E-state index contributed by atoms with van der Waals surface area (Å²) < 4.78 is 53.9. The number of nitrogens with one attached hydrogen (secondary N) is 1. The van der Waals surface area contributed by atoms with Crippen LogP contribution in [0.25, 0.3) is 0 Å². The van der Waals surface area contributed by atoms with Gasteiger partial charge in [0.15, 0.2) is 0 Å². The van der Waals surface area contributed by atoms with Gasteiger partial charge in [-0.15, -0.1) is 12.4 Å². The number of carbonyl (C=O) groups is 1. The van der Waals surface area contributed by atoms with Gasteiger partial charge in [-0.1, -0.05) is 0 Å². The van der Waals surface area contributed by atoms with E-state index in [4.69, 9.17) is 9.81 Å². The predicted octanol–water partition coefficient (Wildman–Crippen LogP) is 0.762. The summed E-state index contributed by atoms with van der Waals surface area (Å²) >= 11 is -4.92. The second kappa shape index (κ2) is 10.6. The van der Waals surface area contributed by atoms with Crippen LogP contribution in [0.15, 0.2) is 47.5 Å². The molecule has 150 valence electrons. The molecule has 13 heteroatoms. The Morgan fingerprint density at radius 1 is 1.22 bits per heavy atom. The summed E-state index contributed by atoms with van der Waals surface area (Å²) in [6.07, 6.45) is 1.46. The topological polar surface area (TPSA) is 163 Å². The second-order valence-electron chi connectivity index (χ2n) is 4.86. The predicted molar refractivity (Wildman–Crippen MR) is 98.8 cm³/mol. The molecule has 0 fully saturated rings. The van der Waals surface area contributed by atoms with E-state index in [9.17, 15) is 21.0 Å². The van der Waals surface area contributed by atoms with Crippen LogP contribution in [0.5, 0.6) is 0 Å². The first-order valence-electron chi connectivity index (χ1n) is 6.91. The van der Waals surface area contributed by atoms with Crippen LogP contribution in [0.3, 0.4) is 0 Å². The van der Waals surface area contributed by atoms with Crippen molar-refractivity contribution in [3.63, 3.8) is 0 Å². The fourth-order valence-corrected chi connectivity index (χ4v) is 4.15. The number of aromatic nitrogens is 1. The number of halogens is 1. The number of pyridine rings is 1. The molecule has 0 saturated carbocycles. The van der Waals surface area contributed by atoms with Crippen LogP contribution in [-0.4, -0.2) is 47.4 Å². The Balaban J connectivity index is 0.000000504. The molecule has 1 aromatic carbocycles. The van der Waals surface area contributed by atoms with Crippen molar-refractivity contribution < 1.29 is 34.7 Å². The third-order valence-electron chi connectivity index (χ3n) is 2.87. The Kier molecular flexibility index (Phi) is 9.90. The summed E-state index contributed by atoms with van der Waals surface area (Å²) in [5.74, 6) is -0.379. The molecule has 4 N–H and O–H groups in total. The quantitative estimate of drug-likeness (QED) is 0.212. The summed E-state index contributed by atoms with van der Waals surface area (Å²) in [4.78, 5) is 14.4. The average molecular weight is 485 g/mol. The minimum absolute atomic E-state index is 0. The average Bonchev–Trinajstić information content (AvgIpc) is 2.54. The van der Waals surface area contributed by atoms with Gasteiger partial charge in [0.25, 0.3) is 10.1 Å². The van der Waals surface area contributed by atoms with Gasteiger partial charge in [-0.25, -0.2) is 0 Å². The Morgan fingerprint density at radius 2 is 1.81 bits per heavy atom. The number of aryl methyl sites for hydroxylation is 1. The zero-order valence-corrected chi connectivity index (χ0v) is 17.6. The van der Waals surface area contributed by atoms with Crippen LogP contribution in [0, 0.1) is 6.92 Å². The molecule has 0 aliphatic carbocycles. The molecule has 0 spiro atoms. The Labute approximate surface area is 164 Å². The minimum Gasteiger partial charge on any atom is -0.282 e. The van der Waals surface area contributed by atoms with Crippen molar-refractivity contribution in [2.75, 3.05) is 5.32 Å². The van der Waals surface area contributed by atoms with Gasteiger partial charge in [0, 0.05) is 6.20 Å². The van der Waals surface area contributed by atoms with E-state index in [0.29, 0.717) is 5.69 Å². The first kappa shape index (κ1) is 25.3. The summed E-state index contributed by atoms with van der Waals surface area (Å²) in [6.45, 7) is 2.79. The zero-order valence-electron chi connectivity index (χ0n) is 14.1. The molecule has 1 aromatic heterocycles. The Hall–Kier alpha value is -1.72. The number of rotatable bonds is 4. The molecule has 1 atom stereocenters. The number of hydrogen-bond acceptors (Lipinski definition) is 7. The van der Waals surface area contributed by atoms with Gasteiger partial charge >= 0.3 is 88.4 Å². The van der Waals surface area contributed by atoms with E-state index >= 15 is 0 Å². The fraction of sp³-hybridized carbons (Fsp3) is 0.143. The van der Waals surface area contributed by atoms with Gasteiger partial charge in [0.2, 0.25) is 0 Å². The van der Waals surface area contributed by atoms with Crippen molar-refractivity contribution in [2.45, 2.75) is 18.7 Å². The maximum absolute atomic E-state index is 11.4. The fourth-order valence-electron chi connectivity index (χ4n) is 1.80. The maximum Gasteiger partial charge on any atom is 0.296 e. The number of amides is 1. The van der Waals surface area contributed by atoms with Crippen molar-refractivity contribution >= 4 is 52.6 Å². The smallest absolute Gasteiger partial charge is 0.282 e. The molecule has 0 aliphatic rings. The van der Waals surface area contributed by atoms with Crippen molar-refractivity contribution in [3.05, 3.63) is 48.3 Å². The van der Waals surface area contributed by atoms with Crippen molar-refractivity contribution in [2.24, 2.45) is 0 Å². The van der Waals surface area contributed by atoms with Gasteiger partial charge in [-0.2, -0.15) is 8.42 Å². The molecule has 0 saturated heterocycles. The van der Waals surface area contributed by atoms with Crippen LogP contribution in [0.1, 0.15) is 12.6 Å². The number of para-hydroxylation sites is 1. The first-order chi connectivity index (χ1) is 12.0. The van der Waals surface area contributed by atoms with E-state index < -0.39 is 24.3 Å².